The molecule has 28 heavy (non-hydrogen) atoms. The molecule has 1 aliphatic carbocycles. The fourth-order valence-corrected chi connectivity index (χ4v) is 3.85. The first-order valence-corrected chi connectivity index (χ1v) is 10.4. The molecule has 2 amide bonds. The zero-order valence-corrected chi connectivity index (χ0v) is 16.5. The number of carbonyl (C=O) groups is 1. The van der Waals surface area contributed by atoms with Crippen molar-refractivity contribution in [3.8, 4) is 0 Å². The molecule has 1 saturated heterocycles. The molecule has 0 unspecified atom stereocenters. The van der Waals surface area contributed by atoms with E-state index < -0.39 is 0 Å². The third-order valence-electron chi connectivity index (χ3n) is 5.79. The average Bonchev–Trinajstić information content (AvgIpc) is 3.29. The Kier molecular flexibility index (Phi) is 5.90. The second kappa shape index (κ2) is 8.73. The van der Waals surface area contributed by atoms with Gasteiger partial charge >= 0.3 is 6.03 Å². The van der Waals surface area contributed by atoms with Gasteiger partial charge in [-0.05, 0) is 31.7 Å². The second-order valence-corrected chi connectivity index (χ2v) is 7.85. The number of hydrogen-bond acceptors (Lipinski definition) is 5. The Labute approximate surface area is 166 Å². The van der Waals surface area contributed by atoms with Crippen LogP contribution in [0.5, 0.6) is 0 Å². The van der Waals surface area contributed by atoms with E-state index in [0.717, 1.165) is 44.8 Å². The lowest BCUT2D eigenvalue weighted by Crippen LogP contribution is -2.45. The van der Waals surface area contributed by atoms with Crippen molar-refractivity contribution in [3.05, 3.63) is 47.6 Å². The van der Waals surface area contributed by atoms with Crippen LogP contribution < -0.4 is 5.32 Å². The van der Waals surface area contributed by atoms with Crippen LogP contribution in [0.2, 0.25) is 0 Å². The number of amides is 2. The van der Waals surface area contributed by atoms with E-state index in [1.165, 1.54) is 12.0 Å². The van der Waals surface area contributed by atoms with Gasteiger partial charge in [0.05, 0.1) is 6.54 Å². The highest BCUT2D eigenvalue weighted by atomic mass is 16.5. The first kappa shape index (κ1) is 18.9. The standard InChI is InChI=1S/C21H29N5O2/c1-2-26(15-19-23-20(28-24-19)17-9-6-10-17)21(27)22-18-11-12-25(14-18)13-16-7-4-3-5-8-16/h3-5,7-8,17-18H,2,6,9-15H2,1H3,(H,22,27)/t18-/m1/s1. The molecule has 1 N–H and O–H groups in total. The van der Waals surface area contributed by atoms with Crippen LogP contribution in [0.15, 0.2) is 34.9 Å². The summed E-state index contributed by atoms with van der Waals surface area (Å²) >= 11 is 0. The molecule has 7 heteroatoms. The topological polar surface area (TPSA) is 74.5 Å². The fourth-order valence-electron chi connectivity index (χ4n) is 3.85. The smallest absolute Gasteiger partial charge is 0.318 e. The molecule has 0 spiro atoms. The number of likely N-dealkylation sites (tertiary alicyclic amines) is 1. The Morgan fingerprint density at radius 1 is 1.29 bits per heavy atom. The summed E-state index contributed by atoms with van der Waals surface area (Å²) in [6.45, 7) is 5.78. The Hall–Kier alpha value is -2.41. The summed E-state index contributed by atoms with van der Waals surface area (Å²) in [6.07, 6.45) is 4.46. The van der Waals surface area contributed by atoms with E-state index >= 15 is 0 Å². The van der Waals surface area contributed by atoms with Gasteiger partial charge in [0.25, 0.3) is 0 Å². The third-order valence-corrected chi connectivity index (χ3v) is 5.79. The van der Waals surface area contributed by atoms with Crippen molar-refractivity contribution >= 4 is 6.03 Å². The van der Waals surface area contributed by atoms with Gasteiger partial charge in [-0.3, -0.25) is 4.90 Å². The van der Waals surface area contributed by atoms with Gasteiger partial charge in [0, 0.05) is 38.1 Å². The highest BCUT2D eigenvalue weighted by Gasteiger charge is 2.28. The maximum absolute atomic E-state index is 12.7. The van der Waals surface area contributed by atoms with Crippen LogP contribution in [0, 0.1) is 0 Å². The lowest BCUT2D eigenvalue weighted by atomic mass is 9.85. The van der Waals surface area contributed by atoms with Crippen LogP contribution in [0.25, 0.3) is 0 Å². The molecule has 1 aromatic heterocycles. The summed E-state index contributed by atoms with van der Waals surface area (Å²) < 4.78 is 5.37. The van der Waals surface area contributed by atoms with Crippen LogP contribution in [0.1, 0.15) is 55.8 Å². The first-order chi connectivity index (χ1) is 13.7. The molecule has 1 atom stereocenters. The Bertz CT molecular complexity index is 774. The summed E-state index contributed by atoms with van der Waals surface area (Å²) in [5.41, 5.74) is 1.31. The number of urea groups is 1. The molecule has 2 aromatic rings. The van der Waals surface area contributed by atoms with Crippen LogP contribution in [-0.2, 0) is 13.1 Å². The normalized spacial score (nSPS) is 20.1. The summed E-state index contributed by atoms with van der Waals surface area (Å²) in [4.78, 5) is 21.3. The van der Waals surface area contributed by atoms with Crippen molar-refractivity contribution in [3.63, 3.8) is 0 Å². The van der Waals surface area contributed by atoms with E-state index in [1.807, 2.05) is 13.0 Å². The van der Waals surface area contributed by atoms with E-state index in [4.69, 9.17) is 4.52 Å². The molecule has 2 aliphatic rings. The zero-order chi connectivity index (χ0) is 19.3. The van der Waals surface area contributed by atoms with Gasteiger partial charge in [-0.25, -0.2) is 4.79 Å². The van der Waals surface area contributed by atoms with Crippen molar-refractivity contribution in [1.29, 1.82) is 0 Å². The van der Waals surface area contributed by atoms with Crippen LogP contribution in [0.4, 0.5) is 4.79 Å². The van der Waals surface area contributed by atoms with E-state index in [1.54, 1.807) is 4.90 Å². The van der Waals surface area contributed by atoms with Crippen LogP contribution >= 0.6 is 0 Å². The summed E-state index contributed by atoms with van der Waals surface area (Å²) in [5, 5.41) is 7.24. The van der Waals surface area contributed by atoms with Gasteiger partial charge in [0.2, 0.25) is 5.89 Å². The molecule has 2 heterocycles. The van der Waals surface area contributed by atoms with E-state index in [9.17, 15) is 4.79 Å². The van der Waals surface area contributed by atoms with Crippen molar-refractivity contribution in [2.24, 2.45) is 0 Å². The molecule has 4 rings (SSSR count). The molecule has 7 nitrogen and oxygen atoms in total. The molecular weight excluding hydrogens is 354 g/mol. The van der Waals surface area contributed by atoms with E-state index in [-0.39, 0.29) is 12.1 Å². The summed E-state index contributed by atoms with van der Waals surface area (Å²) in [6, 6.07) is 10.6. The lowest BCUT2D eigenvalue weighted by Gasteiger charge is -2.23. The monoisotopic (exact) mass is 383 g/mol. The second-order valence-electron chi connectivity index (χ2n) is 7.85. The fraction of sp³-hybridized carbons (Fsp3) is 0.571. The maximum atomic E-state index is 12.7. The van der Waals surface area contributed by atoms with Crippen molar-refractivity contribution < 1.29 is 9.32 Å². The summed E-state index contributed by atoms with van der Waals surface area (Å²) in [7, 11) is 0. The van der Waals surface area contributed by atoms with Crippen LogP contribution in [-0.4, -0.2) is 51.6 Å². The van der Waals surface area contributed by atoms with Gasteiger partial charge in [-0.1, -0.05) is 41.9 Å². The number of benzene rings is 1. The van der Waals surface area contributed by atoms with Gasteiger partial charge in [0.1, 0.15) is 0 Å². The Morgan fingerprint density at radius 3 is 2.82 bits per heavy atom. The van der Waals surface area contributed by atoms with Gasteiger partial charge in [0.15, 0.2) is 5.82 Å². The molecule has 2 fully saturated rings. The number of nitrogens with one attached hydrogen (secondary N) is 1. The number of carbonyl (C=O) groups excluding carboxylic acids is 1. The largest absolute Gasteiger partial charge is 0.339 e. The number of hydrogen-bond donors (Lipinski definition) is 1. The predicted octanol–water partition coefficient (Wildman–Crippen LogP) is 3.14. The van der Waals surface area contributed by atoms with Crippen LogP contribution in [0.3, 0.4) is 0 Å². The zero-order valence-electron chi connectivity index (χ0n) is 16.5. The molecule has 1 aliphatic heterocycles. The number of aromatic nitrogens is 2. The van der Waals surface area contributed by atoms with Gasteiger partial charge in [-0.2, -0.15) is 4.98 Å². The SMILES string of the molecule is CCN(Cc1noc(C2CCC2)n1)C(=O)N[C@@H]1CCN(Cc2ccccc2)C1. The highest BCUT2D eigenvalue weighted by Crippen LogP contribution is 2.35. The van der Waals surface area contributed by atoms with Crippen molar-refractivity contribution in [2.75, 3.05) is 19.6 Å². The lowest BCUT2D eigenvalue weighted by molar-refractivity contribution is 0.191. The molecule has 1 saturated carbocycles. The van der Waals surface area contributed by atoms with Gasteiger partial charge < -0.3 is 14.7 Å². The Morgan fingerprint density at radius 2 is 2.11 bits per heavy atom. The van der Waals surface area contributed by atoms with E-state index in [0.29, 0.717) is 24.8 Å². The highest BCUT2D eigenvalue weighted by molar-refractivity contribution is 5.74. The minimum Gasteiger partial charge on any atom is -0.339 e. The van der Waals surface area contributed by atoms with Crippen molar-refractivity contribution in [2.45, 2.75) is 57.7 Å². The quantitative estimate of drug-likeness (QED) is 0.795. The molecule has 0 radical (unpaired) electrons. The molecule has 0 bridgehead atoms. The maximum Gasteiger partial charge on any atom is 0.318 e. The molecular formula is C21H29N5O2. The number of rotatable bonds is 7. The van der Waals surface area contributed by atoms with Crippen molar-refractivity contribution in [1.82, 2.24) is 25.3 Å². The van der Waals surface area contributed by atoms with E-state index in [2.05, 4.69) is 44.6 Å². The third kappa shape index (κ3) is 4.52. The minimum absolute atomic E-state index is 0.0518. The average molecular weight is 383 g/mol. The Balaban J connectivity index is 1.26. The molecule has 1 aromatic carbocycles. The number of nitrogens with zero attached hydrogens (tertiary/aromatic N) is 4. The summed E-state index contributed by atoms with van der Waals surface area (Å²) in [5.74, 6) is 1.74. The predicted molar refractivity (Wildman–Crippen MR) is 106 cm³/mol. The van der Waals surface area contributed by atoms with Gasteiger partial charge in [-0.15, -0.1) is 0 Å². The minimum atomic E-state index is -0.0518. The first-order valence-electron chi connectivity index (χ1n) is 10.4. The molecule has 150 valence electrons.